The highest BCUT2D eigenvalue weighted by Crippen LogP contribution is 2.39. The van der Waals surface area contributed by atoms with Gasteiger partial charge in [-0.1, -0.05) is 6.07 Å². The van der Waals surface area contributed by atoms with Crippen molar-refractivity contribution >= 4 is 37.2 Å². The lowest BCUT2D eigenvalue weighted by molar-refractivity contribution is -0.137. The van der Waals surface area contributed by atoms with Crippen LogP contribution in [0.25, 0.3) is 0 Å². The number of nitrogens with one attached hydrogen (secondary N) is 1. The van der Waals surface area contributed by atoms with E-state index in [4.69, 9.17) is 4.74 Å². The van der Waals surface area contributed by atoms with E-state index in [1.807, 2.05) is 12.1 Å². The molecule has 12 heteroatoms. The molecule has 0 amide bonds. The van der Waals surface area contributed by atoms with Crippen LogP contribution in [0.3, 0.4) is 0 Å². The van der Waals surface area contributed by atoms with Gasteiger partial charge in [0, 0.05) is 43.2 Å². The van der Waals surface area contributed by atoms with Crippen LogP contribution in [-0.2, 0) is 12.7 Å². The second-order valence-electron chi connectivity index (χ2n) is 7.18. The summed E-state index contributed by atoms with van der Waals surface area (Å²) in [6.07, 6.45) is -1.43. The van der Waals surface area contributed by atoms with E-state index in [-0.39, 0.29) is 49.7 Å². The molecular weight excluding hydrogens is 482 g/mol. The van der Waals surface area contributed by atoms with Crippen LogP contribution in [-0.4, -0.2) is 45.5 Å². The van der Waals surface area contributed by atoms with Crippen molar-refractivity contribution in [3.63, 3.8) is 0 Å². The number of aliphatic hydroxyl groups excluding tert-OH is 2. The molecule has 1 saturated carbocycles. The number of nitrogens with zero attached hydrogens (tertiary/aromatic N) is 2. The molecule has 0 aliphatic heterocycles. The molecule has 2 aromatic rings. The quantitative estimate of drug-likeness (QED) is 0.533. The van der Waals surface area contributed by atoms with E-state index in [9.17, 15) is 23.4 Å². The summed E-state index contributed by atoms with van der Waals surface area (Å²) in [7, 11) is 0. The third kappa shape index (κ3) is 8.25. The highest BCUT2D eigenvalue weighted by molar-refractivity contribution is 5.86. The summed E-state index contributed by atoms with van der Waals surface area (Å²) in [6, 6.07) is 5.83. The SMILES string of the molecule is Cl.Cl.Cl.O[C@@H]1CC(CNCc2cccnc2)(COc2ccc(C(F)(F)F)cn2)C[C@@H]1O. The van der Waals surface area contributed by atoms with Crippen LogP contribution in [0.4, 0.5) is 13.2 Å². The number of alkyl halides is 3. The third-order valence-corrected chi connectivity index (χ3v) is 4.87. The summed E-state index contributed by atoms with van der Waals surface area (Å²) in [5, 5.41) is 23.3. The van der Waals surface area contributed by atoms with Crippen LogP contribution in [0.15, 0.2) is 42.9 Å². The van der Waals surface area contributed by atoms with E-state index in [2.05, 4.69) is 15.3 Å². The normalized spacial score (nSPS) is 22.6. The molecule has 1 unspecified atom stereocenters. The molecule has 2 heterocycles. The van der Waals surface area contributed by atoms with Crippen LogP contribution >= 0.6 is 37.2 Å². The van der Waals surface area contributed by atoms with E-state index in [0.29, 0.717) is 25.9 Å². The number of halogens is 6. The zero-order valence-electron chi connectivity index (χ0n) is 16.3. The van der Waals surface area contributed by atoms with Gasteiger partial charge in [0.15, 0.2) is 0 Å². The summed E-state index contributed by atoms with van der Waals surface area (Å²) < 4.78 is 43.5. The van der Waals surface area contributed by atoms with Gasteiger partial charge >= 0.3 is 6.18 Å². The largest absolute Gasteiger partial charge is 0.477 e. The second-order valence-corrected chi connectivity index (χ2v) is 7.18. The maximum Gasteiger partial charge on any atom is 0.417 e. The Morgan fingerprint density at radius 1 is 1.06 bits per heavy atom. The highest BCUT2D eigenvalue weighted by Gasteiger charge is 2.44. The molecule has 0 spiro atoms. The summed E-state index contributed by atoms with van der Waals surface area (Å²) in [4.78, 5) is 7.75. The van der Waals surface area contributed by atoms with Gasteiger partial charge in [0.1, 0.15) is 0 Å². The molecular formula is C19H25Cl3F3N3O3. The van der Waals surface area contributed by atoms with E-state index >= 15 is 0 Å². The van der Waals surface area contributed by atoms with Gasteiger partial charge < -0.3 is 20.3 Å². The lowest BCUT2D eigenvalue weighted by atomic mass is 9.86. The Labute approximate surface area is 196 Å². The number of pyridine rings is 2. The van der Waals surface area contributed by atoms with Crippen LogP contribution in [0, 0.1) is 5.41 Å². The van der Waals surface area contributed by atoms with Crippen LogP contribution < -0.4 is 10.1 Å². The minimum Gasteiger partial charge on any atom is -0.477 e. The molecule has 0 bridgehead atoms. The minimum absolute atomic E-state index is 0. The number of aliphatic hydroxyl groups is 2. The standard InChI is InChI=1S/C19H22F3N3O3.3ClH/c20-19(21,22)14-3-4-17(25-10-14)28-12-18(6-15(26)16(27)7-18)11-24-9-13-2-1-5-23-8-13;;;/h1-5,8,10,15-16,24,26-27H,6-7,9,11-12H2;3*1H/t15-,16+,18?;;;. The van der Waals surface area contributed by atoms with Crippen molar-refractivity contribution in [1.82, 2.24) is 15.3 Å². The first-order chi connectivity index (χ1) is 13.3. The first-order valence-electron chi connectivity index (χ1n) is 8.89. The van der Waals surface area contributed by atoms with Gasteiger partial charge in [0.2, 0.25) is 5.88 Å². The lowest BCUT2D eigenvalue weighted by Gasteiger charge is -2.29. The molecule has 1 fully saturated rings. The summed E-state index contributed by atoms with van der Waals surface area (Å²) in [5.41, 5.74) is -0.424. The van der Waals surface area contributed by atoms with Gasteiger partial charge in [-0.05, 0) is 30.5 Å². The Morgan fingerprint density at radius 2 is 1.74 bits per heavy atom. The van der Waals surface area contributed by atoms with E-state index in [1.54, 1.807) is 12.4 Å². The van der Waals surface area contributed by atoms with Crippen molar-refractivity contribution < 1.29 is 28.1 Å². The van der Waals surface area contributed by atoms with Crippen LogP contribution in [0.5, 0.6) is 5.88 Å². The zero-order chi connectivity index (χ0) is 20.2. The van der Waals surface area contributed by atoms with Crippen molar-refractivity contribution in [2.24, 2.45) is 5.41 Å². The second kappa shape index (κ2) is 12.6. The lowest BCUT2D eigenvalue weighted by Crippen LogP contribution is -2.38. The fourth-order valence-electron chi connectivity index (χ4n) is 3.39. The molecule has 3 atom stereocenters. The predicted octanol–water partition coefficient (Wildman–Crippen LogP) is 3.43. The van der Waals surface area contributed by atoms with E-state index in [0.717, 1.165) is 17.8 Å². The van der Waals surface area contributed by atoms with Crippen molar-refractivity contribution in [3.8, 4) is 5.88 Å². The molecule has 3 N–H and O–H groups in total. The first-order valence-corrected chi connectivity index (χ1v) is 8.89. The first kappa shape index (κ1) is 29.6. The smallest absolute Gasteiger partial charge is 0.417 e. The fourth-order valence-corrected chi connectivity index (χ4v) is 3.39. The topological polar surface area (TPSA) is 87.5 Å². The molecule has 0 saturated heterocycles. The highest BCUT2D eigenvalue weighted by atomic mass is 35.5. The monoisotopic (exact) mass is 505 g/mol. The Kier molecular flexibility index (Phi) is 12.1. The van der Waals surface area contributed by atoms with Gasteiger partial charge in [0.05, 0.1) is 24.4 Å². The number of rotatable bonds is 7. The van der Waals surface area contributed by atoms with Crippen LogP contribution in [0.1, 0.15) is 24.0 Å². The molecule has 0 aromatic carbocycles. The van der Waals surface area contributed by atoms with Gasteiger partial charge in [-0.3, -0.25) is 4.98 Å². The Bertz CT molecular complexity index is 761. The fraction of sp³-hybridized carbons (Fsp3) is 0.474. The van der Waals surface area contributed by atoms with Gasteiger partial charge in [-0.25, -0.2) is 4.98 Å². The molecule has 6 nitrogen and oxygen atoms in total. The maximum atomic E-state index is 12.6. The number of hydrogen-bond donors (Lipinski definition) is 3. The van der Waals surface area contributed by atoms with E-state index < -0.39 is 29.4 Å². The molecule has 3 rings (SSSR count). The van der Waals surface area contributed by atoms with Crippen molar-refractivity contribution in [3.05, 3.63) is 54.0 Å². The molecule has 2 aromatic heterocycles. The average Bonchev–Trinajstić information content (AvgIpc) is 2.95. The zero-order valence-corrected chi connectivity index (χ0v) is 18.7. The molecule has 0 radical (unpaired) electrons. The maximum absolute atomic E-state index is 12.6. The van der Waals surface area contributed by atoms with Crippen molar-refractivity contribution in [2.75, 3.05) is 13.2 Å². The number of aromatic nitrogens is 2. The Morgan fingerprint density at radius 3 is 2.26 bits per heavy atom. The summed E-state index contributed by atoms with van der Waals surface area (Å²) >= 11 is 0. The number of hydrogen-bond acceptors (Lipinski definition) is 6. The molecule has 1 aliphatic carbocycles. The van der Waals surface area contributed by atoms with Crippen molar-refractivity contribution in [2.45, 2.75) is 37.8 Å². The van der Waals surface area contributed by atoms with Gasteiger partial charge in [-0.15, -0.1) is 37.2 Å². The summed E-state index contributed by atoms with van der Waals surface area (Å²) in [6.45, 7) is 1.12. The molecule has 31 heavy (non-hydrogen) atoms. The van der Waals surface area contributed by atoms with E-state index in [1.165, 1.54) is 6.07 Å². The molecule has 1 aliphatic rings. The van der Waals surface area contributed by atoms with Gasteiger partial charge in [-0.2, -0.15) is 13.2 Å². The Hall–Kier alpha value is -1.36. The third-order valence-electron chi connectivity index (χ3n) is 4.87. The van der Waals surface area contributed by atoms with Crippen LogP contribution in [0.2, 0.25) is 0 Å². The Balaban J connectivity index is 0.00000300. The minimum atomic E-state index is -4.46. The number of ether oxygens (including phenoxy) is 1. The average molecular weight is 507 g/mol. The summed E-state index contributed by atoms with van der Waals surface area (Å²) in [5.74, 6) is 0.0653. The van der Waals surface area contributed by atoms with Crippen molar-refractivity contribution in [1.29, 1.82) is 0 Å². The predicted molar refractivity (Wildman–Crippen MR) is 116 cm³/mol. The molecule has 176 valence electrons. The van der Waals surface area contributed by atoms with Gasteiger partial charge in [0.25, 0.3) is 0 Å².